The largest absolute Gasteiger partial charge is 0.504 e. The van der Waals surface area contributed by atoms with Crippen molar-refractivity contribution in [1.82, 2.24) is 4.98 Å². The third-order valence-corrected chi connectivity index (χ3v) is 4.36. The van der Waals surface area contributed by atoms with Gasteiger partial charge in [-0.15, -0.1) is 0 Å². The van der Waals surface area contributed by atoms with Gasteiger partial charge in [0.1, 0.15) is 11.6 Å². The Morgan fingerprint density at radius 1 is 1.11 bits per heavy atom. The van der Waals surface area contributed by atoms with E-state index in [0.717, 1.165) is 0 Å². The van der Waals surface area contributed by atoms with Crippen LogP contribution in [0.4, 0.5) is 0 Å². The van der Waals surface area contributed by atoms with E-state index in [2.05, 4.69) is 11.1 Å². The predicted molar refractivity (Wildman–Crippen MR) is 100 cm³/mol. The maximum absolute atomic E-state index is 12.0. The second kappa shape index (κ2) is 6.93. The summed E-state index contributed by atoms with van der Waals surface area (Å²) >= 11 is 0. The average molecular weight is 374 g/mol. The molecule has 0 atom stereocenters. The molecule has 0 spiro atoms. The minimum absolute atomic E-state index is 0.0889. The fourth-order valence-electron chi connectivity index (χ4n) is 3.00. The lowest BCUT2D eigenvalue weighted by molar-refractivity contribution is 0.174. The second-order valence-corrected chi connectivity index (χ2v) is 5.96. The topological polar surface area (TPSA) is 102 Å². The maximum Gasteiger partial charge on any atom is 0.232 e. The maximum atomic E-state index is 12.0. The summed E-state index contributed by atoms with van der Waals surface area (Å²) < 4.78 is 16.0. The molecule has 1 N–H and O–H groups in total. The van der Waals surface area contributed by atoms with Crippen LogP contribution in [0.3, 0.4) is 0 Å². The fraction of sp³-hybridized carbons (Fsp3) is 0.0952. The van der Waals surface area contributed by atoms with Crippen molar-refractivity contribution < 1.29 is 19.3 Å². The molecule has 0 radical (unpaired) electrons. The number of benzene rings is 1. The van der Waals surface area contributed by atoms with E-state index in [0.29, 0.717) is 28.3 Å². The Kier molecular flexibility index (Phi) is 4.30. The Hall–Kier alpha value is -4.05. The monoisotopic (exact) mass is 374 g/mol. The van der Waals surface area contributed by atoms with Gasteiger partial charge in [0.05, 0.1) is 12.8 Å². The summed E-state index contributed by atoms with van der Waals surface area (Å²) in [6.07, 6.45) is 0. The zero-order valence-electron chi connectivity index (χ0n) is 14.8. The van der Waals surface area contributed by atoms with Crippen molar-refractivity contribution in [2.24, 2.45) is 0 Å². The Labute approximate surface area is 160 Å². The third kappa shape index (κ3) is 2.87. The van der Waals surface area contributed by atoms with Gasteiger partial charge in [0, 0.05) is 11.1 Å². The van der Waals surface area contributed by atoms with Gasteiger partial charge in [0.15, 0.2) is 17.2 Å². The normalized spacial score (nSPS) is 11.7. The van der Waals surface area contributed by atoms with Crippen molar-refractivity contribution in [1.29, 1.82) is 5.26 Å². The highest BCUT2D eigenvalue weighted by Crippen LogP contribution is 2.40. The molecule has 28 heavy (non-hydrogen) atoms. The Morgan fingerprint density at radius 2 is 1.89 bits per heavy atom. The number of rotatable bonds is 3. The molecule has 0 saturated heterocycles. The van der Waals surface area contributed by atoms with Gasteiger partial charge in [0.2, 0.25) is 18.1 Å². The average Bonchev–Trinajstić information content (AvgIpc) is 3.13. The summed E-state index contributed by atoms with van der Waals surface area (Å²) in [6, 6.07) is 15.0. The highest BCUT2D eigenvalue weighted by Gasteiger charge is 2.20. The van der Waals surface area contributed by atoms with Gasteiger partial charge in [-0.1, -0.05) is 18.2 Å². The van der Waals surface area contributed by atoms with E-state index in [1.165, 1.54) is 19.2 Å². The van der Waals surface area contributed by atoms with Crippen LogP contribution in [-0.4, -0.2) is 24.0 Å². The van der Waals surface area contributed by atoms with Gasteiger partial charge in [-0.05, 0) is 35.9 Å². The van der Waals surface area contributed by atoms with Crippen LogP contribution in [0.15, 0.2) is 53.3 Å². The number of hydrogen-bond donors (Lipinski definition) is 1. The second-order valence-electron chi connectivity index (χ2n) is 5.96. The minimum Gasteiger partial charge on any atom is -0.504 e. The van der Waals surface area contributed by atoms with Crippen LogP contribution in [0.5, 0.6) is 23.1 Å². The number of methoxy groups -OCH3 is 1. The molecule has 4 rings (SSSR count). The number of aromatic nitrogens is 1. The van der Waals surface area contributed by atoms with Crippen LogP contribution in [0.1, 0.15) is 5.56 Å². The quantitative estimate of drug-likeness (QED) is 0.751. The highest BCUT2D eigenvalue weighted by atomic mass is 16.7. The summed E-state index contributed by atoms with van der Waals surface area (Å²) in [7, 11) is 1.40. The number of nitriles is 1. The predicted octanol–water partition coefficient (Wildman–Crippen LogP) is 3.09. The van der Waals surface area contributed by atoms with Crippen LogP contribution >= 0.6 is 0 Å². The summed E-state index contributed by atoms with van der Waals surface area (Å²) in [6.45, 7) is 0.134. The Morgan fingerprint density at radius 3 is 2.68 bits per heavy atom. The van der Waals surface area contributed by atoms with Gasteiger partial charge < -0.3 is 19.3 Å². The number of hydrogen-bond acceptors (Lipinski definition) is 7. The zero-order valence-corrected chi connectivity index (χ0v) is 14.8. The van der Waals surface area contributed by atoms with Crippen molar-refractivity contribution in [2.75, 3.05) is 13.9 Å². The van der Waals surface area contributed by atoms with Crippen LogP contribution in [0.2, 0.25) is 0 Å². The number of nitrogens with zero attached hydrogens (tertiary/aromatic N) is 2. The van der Waals surface area contributed by atoms with E-state index in [9.17, 15) is 15.2 Å². The van der Waals surface area contributed by atoms with Gasteiger partial charge >= 0.3 is 0 Å². The lowest BCUT2D eigenvalue weighted by Gasteiger charge is -2.12. The van der Waals surface area contributed by atoms with Crippen LogP contribution in [0, 0.1) is 11.3 Å². The molecule has 0 fully saturated rings. The van der Waals surface area contributed by atoms with Crippen molar-refractivity contribution in [2.45, 2.75) is 0 Å². The number of pyridine rings is 1. The lowest BCUT2D eigenvalue weighted by atomic mass is 9.98. The summed E-state index contributed by atoms with van der Waals surface area (Å²) in [4.78, 5) is 16.3. The van der Waals surface area contributed by atoms with Crippen molar-refractivity contribution >= 4 is 0 Å². The van der Waals surface area contributed by atoms with E-state index in [4.69, 9.17) is 14.2 Å². The number of aromatic hydroxyl groups is 1. The number of fused-ring (bicyclic) bond motifs is 1. The molecule has 0 unspecified atom stereocenters. The molecule has 138 valence electrons. The minimum atomic E-state index is -0.533. The first-order valence-electron chi connectivity index (χ1n) is 8.34. The van der Waals surface area contributed by atoms with Gasteiger partial charge in [-0.2, -0.15) is 5.26 Å². The Bertz CT molecular complexity index is 1180. The molecule has 2 heterocycles. The molecule has 7 nitrogen and oxygen atoms in total. The van der Waals surface area contributed by atoms with Gasteiger partial charge in [0.25, 0.3) is 0 Å². The third-order valence-electron chi connectivity index (χ3n) is 4.36. The first-order chi connectivity index (χ1) is 13.6. The summed E-state index contributed by atoms with van der Waals surface area (Å²) in [5, 5.41) is 20.0. The molecule has 0 aliphatic carbocycles. The first kappa shape index (κ1) is 17.4. The molecule has 1 aliphatic rings. The van der Waals surface area contributed by atoms with Gasteiger partial charge in [-0.3, -0.25) is 4.79 Å². The van der Waals surface area contributed by atoms with Crippen LogP contribution in [-0.2, 0) is 0 Å². The van der Waals surface area contributed by atoms with E-state index >= 15 is 0 Å². The summed E-state index contributed by atoms with van der Waals surface area (Å²) in [5.41, 5.74) is 1.45. The van der Waals surface area contributed by atoms with E-state index < -0.39 is 11.2 Å². The van der Waals surface area contributed by atoms with E-state index in [-0.39, 0.29) is 23.8 Å². The summed E-state index contributed by atoms with van der Waals surface area (Å²) in [5.74, 6) is 0.841. The number of ether oxygens (including phenoxy) is 3. The standard InChI is InChI=1S/C21H14N2O5/c1-26-21-15(10-22)14(12-6-7-18-19(8-12)28-11-27-18)9-16(23-21)13-4-2-3-5-17(24)20(13)25/h2-9H,11H2,1H3,(H,24,25). The van der Waals surface area contributed by atoms with E-state index in [1.807, 2.05) is 0 Å². The van der Waals surface area contributed by atoms with Crippen molar-refractivity contribution in [3.63, 3.8) is 0 Å². The molecular formula is C21H14N2O5. The molecule has 3 aromatic rings. The molecular weight excluding hydrogens is 360 g/mol. The Balaban J connectivity index is 1.99. The highest BCUT2D eigenvalue weighted by molar-refractivity contribution is 5.80. The smallest absolute Gasteiger partial charge is 0.232 e. The fourth-order valence-corrected chi connectivity index (χ4v) is 3.00. The zero-order chi connectivity index (χ0) is 19.7. The molecule has 7 heteroatoms. The SMILES string of the molecule is COc1nc(-c2ccccc(=O)c2O)cc(-c2ccc3c(c2)OCO3)c1C#N. The van der Waals surface area contributed by atoms with E-state index in [1.54, 1.807) is 36.4 Å². The molecule has 0 bridgehead atoms. The van der Waals surface area contributed by atoms with Crippen LogP contribution < -0.4 is 19.6 Å². The van der Waals surface area contributed by atoms with Gasteiger partial charge in [-0.25, -0.2) is 4.98 Å². The molecule has 1 aliphatic heterocycles. The molecule has 0 saturated carbocycles. The first-order valence-corrected chi connectivity index (χ1v) is 8.34. The van der Waals surface area contributed by atoms with Crippen molar-refractivity contribution in [3.05, 3.63) is 64.3 Å². The molecule has 1 aromatic heterocycles. The molecule has 0 amide bonds. The lowest BCUT2D eigenvalue weighted by Crippen LogP contribution is -2.00. The van der Waals surface area contributed by atoms with Crippen molar-refractivity contribution in [3.8, 4) is 51.6 Å². The molecule has 2 aromatic carbocycles. The van der Waals surface area contributed by atoms with Crippen LogP contribution in [0.25, 0.3) is 22.4 Å².